The Bertz CT molecular complexity index is 440. The Morgan fingerprint density at radius 3 is 2.19 bits per heavy atom. The van der Waals surface area contributed by atoms with Gasteiger partial charge < -0.3 is 5.73 Å². The van der Waals surface area contributed by atoms with E-state index in [4.69, 9.17) is 28.9 Å². The molecule has 0 heterocycles. The van der Waals surface area contributed by atoms with Crippen molar-refractivity contribution in [2.24, 2.45) is 17.1 Å². The average molecular weight is 258 g/mol. The summed E-state index contributed by atoms with van der Waals surface area (Å²) in [5.74, 6) is 0.0989. The maximum absolute atomic E-state index is 11.4. The number of carbonyl (C=O) groups excluding carboxylic acids is 1. The Hall–Kier alpha value is -0.730. The van der Waals surface area contributed by atoms with Gasteiger partial charge >= 0.3 is 0 Å². The lowest BCUT2D eigenvalue weighted by Gasteiger charge is -2.07. The maximum Gasteiger partial charge on any atom is 0.224 e. The second-order valence-electron chi connectivity index (χ2n) is 4.62. The Balaban J connectivity index is 2.38. The molecule has 86 valence electrons. The predicted octanol–water partition coefficient (Wildman–Crippen LogP) is 3.22. The van der Waals surface area contributed by atoms with Crippen LogP contribution in [-0.2, 0) is 4.79 Å². The Morgan fingerprint density at radius 2 is 1.81 bits per heavy atom. The number of halogens is 2. The number of primary amides is 1. The Morgan fingerprint density at radius 1 is 1.31 bits per heavy atom. The Kier molecular flexibility index (Phi) is 2.67. The number of rotatable bonds is 2. The molecule has 1 aliphatic rings. The lowest BCUT2D eigenvalue weighted by atomic mass is 10.0. The minimum Gasteiger partial charge on any atom is -0.369 e. The van der Waals surface area contributed by atoms with Gasteiger partial charge in [0.15, 0.2) is 0 Å². The van der Waals surface area contributed by atoms with Crippen molar-refractivity contribution in [1.29, 1.82) is 0 Å². The van der Waals surface area contributed by atoms with Crippen LogP contribution < -0.4 is 5.73 Å². The quantitative estimate of drug-likeness (QED) is 0.869. The fraction of sp³-hybridized carbons (Fsp3) is 0.417. The summed E-state index contributed by atoms with van der Waals surface area (Å²) >= 11 is 11.9. The van der Waals surface area contributed by atoms with Gasteiger partial charge in [-0.1, -0.05) is 30.1 Å². The van der Waals surface area contributed by atoms with Crippen molar-refractivity contribution in [3.05, 3.63) is 33.8 Å². The number of hydrogen-bond donors (Lipinski definition) is 1. The summed E-state index contributed by atoms with van der Waals surface area (Å²) in [7, 11) is 0. The standard InChI is InChI=1S/C12H13Cl2NO/c1-6-10(12(6,2)11(15)16)7-3-8(13)5-9(14)4-7/h3-6,10H,1-2H3,(H2,15,16). The van der Waals surface area contributed by atoms with Crippen LogP contribution in [0.4, 0.5) is 0 Å². The summed E-state index contributed by atoms with van der Waals surface area (Å²) in [6.45, 7) is 3.91. The second kappa shape index (κ2) is 3.64. The van der Waals surface area contributed by atoms with E-state index < -0.39 is 5.41 Å². The highest BCUT2D eigenvalue weighted by Gasteiger charge is 2.63. The first-order valence-corrected chi connectivity index (χ1v) is 5.89. The van der Waals surface area contributed by atoms with Crippen LogP contribution in [0, 0.1) is 11.3 Å². The van der Waals surface area contributed by atoms with E-state index in [1.165, 1.54) is 0 Å². The van der Waals surface area contributed by atoms with Crippen molar-refractivity contribution in [3.8, 4) is 0 Å². The molecule has 0 aromatic heterocycles. The van der Waals surface area contributed by atoms with E-state index in [9.17, 15) is 4.79 Å². The molecule has 2 nitrogen and oxygen atoms in total. The topological polar surface area (TPSA) is 43.1 Å². The van der Waals surface area contributed by atoms with Crippen LogP contribution >= 0.6 is 23.2 Å². The maximum atomic E-state index is 11.4. The van der Waals surface area contributed by atoms with Crippen molar-refractivity contribution < 1.29 is 4.79 Å². The molecule has 1 fully saturated rings. The lowest BCUT2D eigenvalue weighted by molar-refractivity contribution is -0.123. The molecule has 3 unspecified atom stereocenters. The molecule has 0 radical (unpaired) electrons. The van der Waals surface area contributed by atoms with Crippen LogP contribution in [0.2, 0.25) is 10.0 Å². The molecule has 2 rings (SSSR count). The van der Waals surface area contributed by atoms with Crippen LogP contribution in [0.3, 0.4) is 0 Å². The summed E-state index contributed by atoms with van der Waals surface area (Å²) in [5, 5.41) is 1.18. The van der Waals surface area contributed by atoms with Gasteiger partial charge in [0, 0.05) is 16.0 Å². The number of nitrogens with two attached hydrogens (primary N) is 1. The van der Waals surface area contributed by atoms with Gasteiger partial charge in [-0.25, -0.2) is 0 Å². The molecule has 16 heavy (non-hydrogen) atoms. The van der Waals surface area contributed by atoms with Gasteiger partial charge in [-0.3, -0.25) is 4.79 Å². The SMILES string of the molecule is CC1C(c2cc(Cl)cc(Cl)c2)C1(C)C(N)=O. The van der Waals surface area contributed by atoms with Crippen molar-refractivity contribution in [2.75, 3.05) is 0 Å². The number of amides is 1. The third kappa shape index (κ3) is 1.61. The zero-order chi connectivity index (χ0) is 12.1. The zero-order valence-electron chi connectivity index (χ0n) is 9.13. The van der Waals surface area contributed by atoms with Crippen molar-refractivity contribution in [3.63, 3.8) is 0 Å². The van der Waals surface area contributed by atoms with E-state index in [0.29, 0.717) is 10.0 Å². The molecule has 1 aromatic carbocycles. The monoisotopic (exact) mass is 257 g/mol. The van der Waals surface area contributed by atoms with E-state index >= 15 is 0 Å². The fourth-order valence-corrected chi connectivity index (χ4v) is 3.04. The molecular formula is C12H13Cl2NO. The molecule has 0 spiro atoms. The number of benzene rings is 1. The summed E-state index contributed by atoms with van der Waals surface area (Å²) in [4.78, 5) is 11.4. The van der Waals surface area contributed by atoms with Crippen LogP contribution in [0.25, 0.3) is 0 Å². The van der Waals surface area contributed by atoms with Gasteiger partial charge in [0.25, 0.3) is 0 Å². The third-order valence-electron chi connectivity index (χ3n) is 3.76. The van der Waals surface area contributed by atoms with Gasteiger partial charge in [0.2, 0.25) is 5.91 Å². The highest BCUT2D eigenvalue weighted by atomic mass is 35.5. The van der Waals surface area contributed by atoms with E-state index in [1.807, 2.05) is 26.0 Å². The van der Waals surface area contributed by atoms with Crippen LogP contribution in [-0.4, -0.2) is 5.91 Å². The summed E-state index contributed by atoms with van der Waals surface area (Å²) in [6, 6.07) is 5.38. The average Bonchev–Trinajstić information content (AvgIpc) is 2.69. The first kappa shape index (κ1) is 11.7. The molecule has 2 N–H and O–H groups in total. The molecule has 1 amide bonds. The second-order valence-corrected chi connectivity index (χ2v) is 5.49. The highest BCUT2D eigenvalue weighted by Crippen LogP contribution is 2.64. The van der Waals surface area contributed by atoms with Gasteiger partial charge in [0.05, 0.1) is 5.41 Å². The van der Waals surface area contributed by atoms with E-state index in [0.717, 1.165) is 5.56 Å². The first-order valence-electron chi connectivity index (χ1n) is 5.13. The Labute approximate surface area is 105 Å². The molecule has 0 aliphatic heterocycles. The third-order valence-corrected chi connectivity index (χ3v) is 4.19. The van der Waals surface area contributed by atoms with Crippen LogP contribution in [0.5, 0.6) is 0 Å². The fourth-order valence-electron chi connectivity index (χ4n) is 2.49. The minimum atomic E-state index is -0.464. The molecule has 4 heteroatoms. The zero-order valence-corrected chi connectivity index (χ0v) is 10.6. The summed E-state index contributed by atoms with van der Waals surface area (Å²) in [5.41, 5.74) is 5.95. The van der Waals surface area contributed by atoms with Gasteiger partial charge in [-0.15, -0.1) is 0 Å². The van der Waals surface area contributed by atoms with Gasteiger partial charge in [0.1, 0.15) is 0 Å². The first-order chi connectivity index (χ1) is 7.37. The lowest BCUT2D eigenvalue weighted by Crippen LogP contribution is -2.24. The van der Waals surface area contributed by atoms with Crippen molar-refractivity contribution in [2.45, 2.75) is 19.8 Å². The molecular weight excluding hydrogens is 245 g/mol. The van der Waals surface area contributed by atoms with Crippen molar-refractivity contribution in [1.82, 2.24) is 0 Å². The van der Waals surface area contributed by atoms with Crippen molar-refractivity contribution >= 4 is 29.1 Å². The number of hydrogen-bond acceptors (Lipinski definition) is 1. The van der Waals surface area contributed by atoms with E-state index in [2.05, 4.69) is 0 Å². The number of carbonyl (C=O) groups is 1. The van der Waals surface area contributed by atoms with E-state index in [1.54, 1.807) is 6.07 Å². The van der Waals surface area contributed by atoms with Crippen LogP contribution in [0.1, 0.15) is 25.3 Å². The molecule has 3 atom stereocenters. The minimum absolute atomic E-state index is 0.126. The largest absolute Gasteiger partial charge is 0.369 e. The normalized spacial score (nSPS) is 32.5. The molecule has 0 saturated heterocycles. The smallest absolute Gasteiger partial charge is 0.224 e. The molecule has 1 aromatic rings. The molecule has 1 saturated carbocycles. The van der Waals surface area contributed by atoms with Gasteiger partial charge in [-0.05, 0) is 36.6 Å². The summed E-state index contributed by atoms with van der Waals surface area (Å²) < 4.78 is 0. The van der Waals surface area contributed by atoms with Gasteiger partial charge in [-0.2, -0.15) is 0 Å². The van der Waals surface area contributed by atoms with Crippen LogP contribution in [0.15, 0.2) is 18.2 Å². The highest BCUT2D eigenvalue weighted by molar-refractivity contribution is 6.34. The summed E-state index contributed by atoms with van der Waals surface area (Å²) in [6.07, 6.45) is 0. The molecule has 1 aliphatic carbocycles. The molecule has 0 bridgehead atoms. The predicted molar refractivity (Wildman–Crippen MR) is 65.7 cm³/mol. The van der Waals surface area contributed by atoms with E-state index in [-0.39, 0.29) is 17.7 Å².